The number of carbonyl (C=O) groups is 2. The van der Waals surface area contributed by atoms with Crippen LogP contribution in [0.15, 0.2) is 53.8 Å². The summed E-state index contributed by atoms with van der Waals surface area (Å²) in [6.45, 7) is 0.364. The molecule has 0 aromatic heterocycles. The second-order valence-electron chi connectivity index (χ2n) is 6.00. The Morgan fingerprint density at radius 2 is 1.88 bits per heavy atom. The van der Waals surface area contributed by atoms with Crippen molar-refractivity contribution in [3.63, 3.8) is 0 Å². The smallest absolute Gasteiger partial charge is 0.289 e. The molecule has 7 heteroatoms. The molecule has 0 saturated heterocycles. The third-order valence-corrected chi connectivity index (χ3v) is 4.88. The van der Waals surface area contributed by atoms with E-state index in [9.17, 15) is 14.7 Å². The predicted octanol–water partition coefficient (Wildman–Crippen LogP) is 3.56. The van der Waals surface area contributed by atoms with Gasteiger partial charge in [0, 0.05) is 13.6 Å². The highest BCUT2D eigenvalue weighted by atomic mass is 35.5. The van der Waals surface area contributed by atoms with Crippen LogP contribution in [0.25, 0.3) is 11.1 Å². The van der Waals surface area contributed by atoms with Crippen LogP contribution in [0.5, 0.6) is 0 Å². The van der Waals surface area contributed by atoms with E-state index in [1.165, 1.54) is 11.9 Å². The topological polar surface area (TPSA) is 69.6 Å². The van der Waals surface area contributed by atoms with E-state index < -0.39 is 17.6 Å². The van der Waals surface area contributed by atoms with Gasteiger partial charge < -0.3 is 15.3 Å². The molecule has 1 aliphatic rings. The average molecular weight is 391 g/mol. The number of aliphatic hydroxyl groups is 1. The summed E-state index contributed by atoms with van der Waals surface area (Å²) in [6.07, 6.45) is 0. The van der Waals surface area contributed by atoms with E-state index in [0.29, 0.717) is 10.0 Å². The Balaban J connectivity index is 1.72. The molecule has 1 heterocycles. The van der Waals surface area contributed by atoms with E-state index in [2.05, 4.69) is 5.32 Å². The van der Waals surface area contributed by atoms with Gasteiger partial charge in [-0.1, -0.05) is 47.5 Å². The minimum absolute atomic E-state index is 0.0816. The van der Waals surface area contributed by atoms with Gasteiger partial charge in [-0.25, -0.2) is 0 Å². The highest BCUT2D eigenvalue weighted by Gasteiger charge is 2.31. The summed E-state index contributed by atoms with van der Waals surface area (Å²) in [5.74, 6) is -1.49. The van der Waals surface area contributed by atoms with Gasteiger partial charge in [-0.3, -0.25) is 9.59 Å². The first-order valence-corrected chi connectivity index (χ1v) is 8.62. The van der Waals surface area contributed by atoms with Gasteiger partial charge in [0.25, 0.3) is 11.8 Å². The summed E-state index contributed by atoms with van der Waals surface area (Å²) in [7, 11) is 1.53. The van der Waals surface area contributed by atoms with Crippen LogP contribution >= 0.6 is 23.2 Å². The number of nitrogens with zero attached hydrogens (tertiary/aromatic N) is 1. The first kappa shape index (κ1) is 18.3. The number of halogens is 2. The van der Waals surface area contributed by atoms with Crippen molar-refractivity contribution in [2.75, 3.05) is 13.6 Å². The lowest BCUT2D eigenvalue weighted by molar-refractivity contribution is -0.126. The van der Waals surface area contributed by atoms with Crippen molar-refractivity contribution in [3.05, 3.63) is 69.4 Å². The summed E-state index contributed by atoms with van der Waals surface area (Å²) in [4.78, 5) is 25.1. The summed E-state index contributed by atoms with van der Waals surface area (Å²) in [5.41, 5.74) is 2.81. The van der Waals surface area contributed by atoms with Gasteiger partial charge >= 0.3 is 0 Å². The summed E-state index contributed by atoms with van der Waals surface area (Å²) in [5, 5.41) is 13.4. The molecule has 2 amide bonds. The SMILES string of the molecule is CN1CC(C(=O)NCc2cccc(-c3ccc(Cl)c(Cl)c3)c2)=C(O)C1=O. The molecule has 0 radical (unpaired) electrons. The fourth-order valence-electron chi connectivity index (χ4n) is 2.70. The van der Waals surface area contributed by atoms with Crippen LogP contribution in [0.2, 0.25) is 10.0 Å². The lowest BCUT2D eigenvalue weighted by atomic mass is 10.0. The number of likely N-dealkylation sites (N-methyl/N-ethyl adjacent to an activating group) is 1. The van der Waals surface area contributed by atoms with Crippen LogP contribution in [-0.4, -0.2) is 35.4 Å². The van der Waals surface area contributed by atoms with Crippen LogP contribution in [0.3, 0.4) is 0 Å². The molecule has 3 rings (SSSR count). The molecule has 1 aliphatic heterocycles. The van der Waals surface area contributed by atoms with Crippen molar-refractivity contribution < 1.29 is 14.7 Å². The molecule has 134 valence electrons. The number of nitrogens with one attached hydrogen (secondary N) is 1. The molecule has 5 nitrogen and oxygen atoms in total. The van der Waals surface area contributed by atoms with E-state index in [1.807, 2.05) is 30.3 Å². The Hall–Kier alpha value is -2.50. The van der Waals surface area contributed by atoms with Gasteiger partial charge in [0.1, 0.15) is 0 Å². The molecule has 2 aromatic carbocycles. The molecule has 2 aromatic rings. The third-order valence-electron chi connectivity index (χ3n) is 4.14. The zero-order chi connectivity index (χ0) is 18.8. The van der Waals surface area contributed by atoms with Crippen molar-refractivity contribution >= 4 is 35.0 Å². The number of carbonyl (C=O) groups excluding carboxylic acids is 2. The summed E-state index contributed by atoms with van der Waals surface area (Å²) >= 11 is 12.0. The first-order chi connectivity index (χ1) is 12.4. The van der Waals surface area contributed by atoms with Crippen molar-refractivity contribution in [1.29, 1.82) is 0 Å². The Bertz CT molecular complexity index is 925. The van der Waals surface area contributed by atoms with Crippen molar-refractivity contribution in [3.8, 4) is 11.1 Å². The van der Waals surface area contributed by atoms with E-state index in [0.717, 1.165) is 16.7 Å². The Labute approximate surface area is 160 Å². The highest BCUT2D eigenvalue weighted by molar-refractivity contribution is 6.42. The van der Waals surface area contributed by atoms with Crippen LogP contribution in [-0.2, 0) is 16.1 Å². The van der Waals surface area contributed by atoms with Crippen LogP contribution in [0.4, 0.5) is 0 Å². The van der Waals surface area contributed by atoms with Gasteiger partial charge in [-0.2, -0.15) is 0 Å². The molecule has 26 heavy (non-hydrogen) atoms. The maximum absolute atomic E-state index is 12.2. The van der Waals surface area contributed by atoms with Crippen molar-refractivity contribution in [2.24, 2.45) is 0 Å². The number of hydrogen-bond acceptors (Lipinski definition) is 3. The van der Waals surface area contributed by atoms with Crippen molar-refractivity contribution in [1.82, 2.24) is 10.2 Å². The molecular weight excluding hydrogens is 375 g/mol. The van der Waals surface area contributed by atoms with Crippen LogP contribution in [0.1, 0.15) is 5.56 Å². The molecule has 0 bridgehead atoms. The Kier molecular flexibility index (Phi) is 5.20. The molecular formula is C19H16Cl2N2O3. The van der Waals surface area contributed by atoms with E-state index in [-0.39, 0.29) is 18.7 Å². The third kappa shape index (κ3) is 3.69. The predicted molar refractivity (Wildman–Crippen MR) is 101 cm³/mol. The second kappa shape index (κ2) is 7.40. The maximum atomic E-state index is 12.2. The molecule has 0 atom stereocenters. The molecule has 0 fully saturated rings. The van der Waals surface area contributed by atoms with Gasteiger partial charge in [0.2, 0.25) is 0 Å². The van der Waals surface area contributed by atoms with Gasteiger partial charge in [-0.05, 0) is 34.9 Å². The summed E-state index contributed by atoms with van der Waals surface area (Å²) in [6, 6.07) is 13.0. The largest absolute Gasteiger partial charge is 0.503 e. The first-order valence-electron chi connectivity index (χ1n) is 7.87. The monoisotopic (exact) mass is 390 g/mol. The Morgan fingerprint density at radius 1 is 1.15 bits per heavy atom. The average Bonchev–Trinajstić information content (AvgIpc) is 2.90. The number of aliphatic hydroxyl groups excluding tert-OH is 1. The number of benzene rings is 2. The van der Waals surface area contributed by atoms with Gasteiger partial charge in [-0.15, -0.1) is 0 Å². The maximum Gasteiger partial charge on any atom is 0.289 e. The van der Waals surface area contributed by atoms with Crippen molar-refractivity contribution in [2.45, 2.75) is 6.54 Å². The molecule has 0 saturated carbocycles. The lowest BCUT2D eigenvalue weighted by Crippen LogP contribution is -2.27. The molecule has 0 spiro atoms. The molecule has 2 N–H and O–H groups in total. The van der Waals surface area contributed by atoms with E-state index >= 15 is 0 Å². The fourth-order valence-corrected chi connectivity index (χ4v) is 3.00. The second-order valence-corrected chi connectivity index (χ2v) is 6.81. The normalized spacial score (nSPS) is 14.1. The quantitative estimate of drug-likeness (QED) is 0.838. The van der Waals surface area contributed by atoms with E-state index in [4.69, 9.17) is 23.2 Å². The fraction of sp³-hybridized carbons (Fsp3) is 0.158. The Morgan fingerprint density at radius 3 is 2.54 bits per heavy atom. The van der Waals surface area contributed by atoms with Gasteiger partial charge in [0.15, 0.2) is 5.76 Å². The zero-order valence-corrected chi connectivity index (χ0v) is 15.4. The van der Waals surface area contributed by atoms with E-state index in [1.54, 1.807) is 12.1 Å². The minimum atomic E-state index is -0.545. The molecule has 0 unspecified atom stereocenters. The van der Waals surface area contributed by atoms with Gasteiger partial charge in [0.05, 0.1) is 22.2 Å². The lowest BCUT2D eigenvalue weighted by Gasteiger charge is -2.10. The zero-order valence-electron chi connectivity index (χ0n) is 13.9. The number of hydrogen-bond donors (Lipinski definition) is 2. The summed E-state index contributed by atoms with van der Waals surface area (Å²) < 4.78 is 0. The standard InChI is InChI=1S/C19H16Cl2N2O3/c1-23-10-14(17(24)19(23)26)18(25)22-9-11-3-2-4-12(7-11)13-5-6-15(20)16(21)8-13/h2-8,24H,9-10H2,1H3,(H,22,25). The number of amides is 2. The number of rotatable bonds is 4. The minimum Gasteiger partial charge on any atom is -0.503 e. The van der Waals surface area contributed by atoms with Crippen LogP contribution < -0.4 is 5.32 Å². The highest BCUT2D eigenvalue weighted by Crippen LogP contribution is 2.29. The molecule has 0 aliphatic carbocycles. The van der Waals surface area contributed by atoms with Crippen LogP contribution in [0, 0.1) is 0 Å².